The molecule has 1 aromatic heterocycles. The third-order valence-corrected chi connectivity index (χ3v) is 8.37. The molecule has 1 atom stereocenters. The number of aryl methyl sites for hydroxylation is 1. The van der Waals surface area contributed by atoms with Gasteiger partial charge in [-0.05, 0) is 66.8 Å². The van der Waals surface area contributed by atoms with E-state index in [1.54, 1.807) is 0 Å². The van der Waals surface area contributed by atoms with E-state index < -0.39 is 0 Å². The summed E-state index contributed by atoms with van der Waals surface area (Å²) < 4.78 is 2.43. The van der Waals surface area contributed by atoms with Crippen LogP contribution in [-0.4, -0.2) is 4.57 Å². The second kappa shape index (κ2) is 7.98. The van der Waals surface area contributed by atoms with E-state index in [2.05, 4.69) is 140 Å². The smallest absolute Gasteiger partial charge is 0.0602 e. The Morgan fingerprint density at radius 1 is 0.784 bits per heavy atom. The lowest BCUT2D eigenvalue weighted by Crippen LogP contribution is -2.32. The number of benzene rings is 4. The van der Waals surface area contributed by atoms with Gasteiger partial charge in [0.1, 0.15) is 0 Å². The first-order valence-electron chi connectivity index (χ1n) is 13.4. The Morgan fingerprint density at radius 3 is 2.32 bits per heavy atom. The zero-order chi connectivity index (χ0) is 25.3. The summed E-state index contributed by atoms with van der Waals surface area (Å²) in [6.45, 7) is 9.19. The van der Waals surface area contributed by atoms with Crippen LogP contribution >= 0.6 is 0 Å². The minimum Gasteiger partial charge on any atom is -0.310 e. The van der Waals surface area contributed by atoms with Crippen LogP contribution in [0.3, 0.4) is 0 Å². The third kappa shape index (κ3) is 3.18. The Balaban J connectivity index is 1.63. The molecule has 2 heterocycles. The maximum absolute atomic E-state index is 2.53. The Kier molecular flexibility index (Phi) is 4.78. The van der Waals surface area contributed by atoms with Crippen LogP contribution in [0.2, 0.25) is 0 Å². The third-order valence-electron chi connectivity index (χ3n) is 8.37. The van der Waals surface area contributed by atoms with Crippen molar-refractivity contribution in [3.05, 3.63) is 126 Å². The second-order valence-corrected chi connectivity index (χ2v) is 11.2. The normalized spacial score (nSPS) is 18.1. The SMILES string of the molecule is Cc1ccc(-n2c3ccccc3c3c4c(ccc32)C(C)(C)c2ccccc2N4C2=CC[C@@H](C)C=C2)cc1. The molecular weight excluding hydrogens is 448 g/mol. The van der Waals surface area contributed by atoms with Crippen LogP contribution in [0.15, 0.2) is 109 Å². The molecule has 5 aromatic rings. The van der Waals surface area contributed by atoms with Gasteiger partial charge in [0.15, 0.2) is 0 Å². The molecule has 37 heavy (non-hydrogen) atoms. The average Bonchev–Trinajstić information content (AvgIpc) is 3.25. The first-order chi connectivity index (χ1) is 17.9. The zero-order valence-electron chi connectivity index (χ0n) is 22.0. The predicted octanol–water partition coefficient (Wildman–Crippen LogP) is 9.35. The molecule has 7 rings (SSSR count). The van der Waals surface area contributed by atoms with E-state index >= 15 is 0 Å². The quantitative estimate of drug-likeness (QED) is 0.244. The van der Waals surface area contributed by atoms with Gasteiger partial charge in [-0.1, -0.05) is 93.1 Å². The number of aromatic nitrogens is 1. The van der Waals surface area contributed by atoms with Crippen LogP contribution in [0.4, 0.5) is 11.4 Å². The topological polar surface area (TPSA) is 8.17 Å². The molecular formula is C35H32N2. The molecule has 0 unspecified atom stereocenters. The predicted molar refractivity (Wildman–Crippen MR) is 157 cm³/mol. The van der Waals surface area contributed by atoms with E-state index in [0.29, 0.717) is 5.92 Å². The molecule has 0 radical (unpaired) electrons. The van der Waals surface area contributed by atoms with Gasteiger partial charge in [0.2, 0.25) is 0 Å². The lowest BCUT2D eigenvalue weighted by molar-refractivity contribution is 0.630. The maximum Gasteiger partial charge on any atom is 0.0602 e. The molecule has 0 amide bonds. The van der Waals surface area contributed by atoms with Gasteiger partial charge in [0, 0.05) is 27.6 Å². The van der Waals surface area contributed by atoms with Gasteiger partial charge in [-0.15, -0.1) is 0 Å². The highest BCUT2D eigenvalue weighted by atomic mass is 15.2. The highest BCUT2D eigenvalue weighted by molar-refractivity contribution is 6.17. The first kappa shape index (κ1) is 22.2. The molecule has 0 bridgehead atoms. The molecule has 0 saturated heterocycles. The van der Waals surface area contributed by atoms with E-state index in [-0.39, 0.29) is 5.41 Å². The van der Waals surface area contributed by atoms with Crippen molar-refractivity contribution in [2.75, 3.05) is 4.90 Å². The monoisotopic (exact) mass is 480 g/mol. The molecule has 4 aromatic carbocycles. The van der Waals surface area contributed by atoms with Crippen LogP contribution in [0, 0.1) is 12.8 Å². The number of rotatable bonds is 2. The maximum atomic E-state index is 2.53. The van der Waals surface area contributed by atoms with Crippen LogP contribution < -0.4 is 4.90 Å². The van der Waals surface area contributed by atoms with Gasteiger partial charge >= 0.3 is 0 Å². The second-order valence-electron chi connectivity index (χ2n) is 11.2. The van der Waals surface area contributed by atoms with Gasteiger partial charge in [0.05, 0.1) is 22.4 Å². The van der Waals surface area contributed by atoms with E-state index in [9.17, 15) is 0 Å². The van der Waals surface area contributed by atoms with Gasteiger partial charge in [0.25, 0.3) is 0 Å². The molecule has 2 nitrogen and oxygen atoms in total. The fraction of sp³-hybridized carbons (Fsp3) is 0.200. The summed E-state index contributed by atoms with van der Waals surface area (Å²) in [5.74, 6) is 0.568. The number of anilines is 2. The lowest BCUT2D eigenvalue weighted by Gasteiger charge is -2.43. The molecule has 2 heteroatoms. The number of hydrogen-bond donors (Lipinski definition) is 0. The molecule has 1 aliphatic heterocycles. The summed E-state index contributed by atoms with van der Waals surface area (Å²) in [6.07, 6.45) is 8.16. The highest BCUT2D eigenvalue weighted by Crippen LogP contribution is 2.54. The fourth-order valence-electron chi connectivity index (χ4n) is 6.36. The highest BCUT2D eigenvalue weighted by Gasteiger charge is 2.39. The number of hydrogen-bond acceptors (Lipinski definition) is 1. The standard InChI is InChI=1S/C35H32N2/c1-23-13-17-25(18-14-23)36-30-11-7-5-9-27(30)33-32(36)22-21-29-34(33)37(26-19-15-24(2)16-20-26)31-12-8-6-10-28(31)35(29,3)4/h5-15,17-22,24H,16H2,1-4H3/t24-/m0/s1. The Labute approximate surface area is 219 Å². The lowest BCUT2D eigenvalue weighted by atomic mass is 9.72. The van der Waals surface area contributed by atoms with Crippen molar-refractivity contribution >= 4 is 33.2 Å². The van der Waals surface area contributed by atoms with E-state index in [1.165, 1.54) is 61.3 Å². The first-order valence-corrected chi connectivity index (χ1v) is 13.4. The summed E-state index contributed by atoms with van der Waals surface area (Å²) in [7, 11) is 0. The number of para-hydroxylation sites is 2. The number of fused-ring (bicyclic) bond motifs is 6. The summed E-state index contributed by atoms with van der Waals surface area (Å²) in [4.78, 5) is 2.53. The summed E-state index contributed by atoms with van der Waals surface area (Å²) in [6, 6.07) is 31.5. The largest absolute Gasteiger partial charge is 0.310 e. The molecule has 182 valence electrons. The Hall–Kier alpha value is -4.04. The molecule has 0 N–H and O–H groups in total. The minimum atomic E-state index is -0.115. The van der Waals surface area contributed by atoms with E-state index in [1.807, 2.05) is 0 Å². The number of allylic oxidation sites excluding steroid dienone is 3. The van der Waals surface area contributed by atoms with E-state index in [0.717, 1.165) is 6.42 Å². The molecule has 2 aliphatic rings. The number of nitrogens with zero attached hydrogens (tertiary/aromatic N) is 2. The van der Waals surface area contributed by atoms with Crippen LogP contribution in [0.25, 0.3) is 27.5 Å². The average molecular weight is 481 g/mol. The summed E-state index contributed by atoms with van der Waals surface area (Å²) >= 11 is 0. The summed E-state index contributed by atoms with van der Waals surface area (Å²) in [5.41, 5.74) is 11.5. The summed E-state index contributed by atoms with van der Waals surface area (Å²) in [5, 5.41) is 2.62. The van der Waals surface area contributed by atoms with Gasteiger partial charge in [-0.3, -0.25) is 0 Å². The Bertz CT molecular complexity index is 1740. The molecule has 1 aliphatic carbocycles. The van der Waals surface area contributed by atoms with Gasteiger partial charge in [-0.25, -0.2) is 0 Å². The van der Waals surface area contributed by atoms with Crippen molar-refractivity contribution in [1.82, 2.24) is 4.57 Å². The van der Waals surface area contributed by atoms with Crippen LogP contribution in [0.5, 0.6) is 0 Å². The molecule has 0 fully saturated rings. The van der Waals surface area contributed by atoms with Gasteiger partial charge in [-0.2, -0.15) is 0 Å². The van der Waals surface area contributed by atoms with Gasteiger partial charge < -0.3 is 9.47 Å². The molecule has 0 saturated carbocycles. The van der Waals surface area contributed by atoms with Crippen molar-refractivity contribution in [1.29, 1.82) is 0 Å². The fourth-order valence-corrected chi connectivity index (χ4v) is 6.36. The van der Waals surface area contributed by atoms with Crippen molar-refractivity contribution < 1.29 is 0 Å². The van der Waals surface area contributed by atoms with Crippen molar-refractivity contribution in [3.63, 3.8) is 0 Å². The van der Waals surface area contributed by atoms with Crippen molar-refractivity contribution in [2.24, 2.45) is 5.92 Å². The Morgan fingerprint density at radius 2 is 1.54 bits per heavy atom. The zero-order valence-corrected chi connectivity index (χ0v) is 22.0. The van der Waals surface area contributed by atoms with Crippen molar-refractivity contribution in [3.8, 4) is 5.69 Å². The van der Waals surface area contributed by atoms with Crippen molar-refractivity contribution in [2.45, 2.75) is 39.5 Å². The molecule has 0 spiro atoms. The van der Waals surface area contributed by atoms with Crippen LogP contribution in [-0.2, 0) is 5.41 Å². The van der Waals surface area contributed by atoms with E-state index in [4.69, 9.17) is 0 Å². The van der Waals surface area contributed by atoms with Crippen LogP contribution in [0.1, 0.15) is 43.9 Å². The minimum absolute atomic E-state index is 0.115.